The van der Waals surface area contributed by atoms with Crippen molar-refractivity contribution < 1.29 is 9.53 Å². The van der Waals surface area contributed by atoms with Crippen LogP contribution in [-0.2, 0) is 4.74 Å². The lowest BCUT2D eigenvalue weighted by atomic mass is 10.2. The summed E-state index contributed by atoms with van der Waals surface area (Å²) in [7, 11) is 0. The van der Waals surface area contributed by atoms with E-state index in [1.54, 1.807) is 4.90 Å². The van der Waals surface area contributed by atoms with Gasteiger partial charge in [-0.2, -0.15) is 0 Å². The van der Waals surface area contributed by atoms with Gasteiger partial charge in [-0.05, 0) is 32.6 Å². The molecular formula is C12H24N2O2. The molecule has 2 N–H and O–H groups in total. The van der Waals surface area contributed by atoms with Crippen molar-refractivity contribution in [1.29, 1.82) is 0 Å². The van der Waals surface area contributed by atoms with Gasteiger partial charge in [-0.25, -0.2) is 4.79 Å². The number of hydrogen-bond acceptors (Lipinski definition) is 3. The minimum Gasteiger partial charge on any atom is -0.444 e. The van der Waals surface area contributed by atoms with Gasteiger partial charge in [0.1, 0.15) is 5.60 Å². The number of hydrogen-bond donors (Lipinski definition) is 1. The van der Waals surface area contributed by atoms with Gasteiger partial charge in [0.25, 0.3) is 0 Å². The van der Waals surface area contributed by atoms with E-state index in [2.05, 4.69) is 0 Å². The lowest BCUT2D eigenvalue weighted by Crippen LogP contribution is -2.38. The highest BCUT2D eigenvalue weighted by Crippen LogP contribution is 2.43. The van der Waals surface area contributed by atoms with Crippen molar-refractivity contribution in [1.82, 2.24) is 4.90 Å². The van der Waals surface area contributed by atoms with Crippen molar-refractivity contribution >= 4 is 6.09 Å². The third-order valence-electron chi connectivity index (χ3n) is 2.91. The zero-order valence-corrected chi connectivity index (χ0v) is 11.0. The van der Waals surface area contributed by atoms with Crippen LogP contribution in [0.5, 0.6) is 0 Å². The third kappa shape index (κ3) is 2.88. The molecule has 1 amide bonds. The Bertz CT molecular complexity index is 248. The molecule has 0 bridgehead atoms. The van der Waals surface area contributed by atoms with Gasteiger partial charge >= 0.3 is 6.09 Å². The molecule has 2 rings (SSSR count). The second-order valence-corrected chi connectivity index (χ2v) is 5.29. The molecule has 1 saturated carbocycles. The van der Waals surface area contributed by atoms with Crippen molar-refractivity contribution in [3.05, 3.63) is 0 Å². The standard InChI is InChI=1S/C10H18N2O2.C2H6/c1-10(2,3)14-9(13)12-4-6-7(5-12)8(6)11;1-2/h6-8H,4-5,11H2,1-3H3;1-2H3. The quantitative estimate of drug-likeness (QED) is 0.688. The van der Waals surface area contributed by atoms with Gasteiger partial charge in [0.15, 0.2) is 0 Å². The molecule has 0 spiro atoms. The van der Waals surface area contributed by atoms with E-state index in [9.17, 15) is 4.79 Å². The van der Waals surface area contributed by atoms with E-state index < -0.39 is 5.60 Å². The van der Waals surface area contributed by atoms with Crippen LogP contribution >= 0.6 is 0 Å². The van der Waals surface area contributed by atoms with E-state index in [1.165, 1.54) is 0 Å². The summed E-state index contributed by atoms with van der Waals surface area (Å²) in [4.78, 5) is 13.4. The van der Waals surface area contributed by atoms with Crippen LogP contribution in [0.25, 0.3) is 0 Å². The molecule has 1 aliphatic carbocycles. The number of fused-ring (bicyclic) bond motifs is 1. The lowest BCUT2D eigenvalue weighted by molar-refractivity contribution is 0.0271. The molecule has 16 heavy (non-hydrogen) atoms. The van der Waals surface area contributed by atoms with Gasteiger partial charge in [-0.3, -0.25) is 0 Å². The largest absolute Gasteiger partial charge is 0.444 e. The highest BCUT2D eigenvalue weighted by Gasteiger charge is 2.55. The Hall–Kier alpha value is -0.770. The number of amides is 1. The highest BCUT2D eigenvalue weighted by molar-refractivity contribution is 5.69. The van der Waals surface area contributed by atoms with Crippen molar-refractivity contribution in [2.24, 2.45) is 17.6 Å². The third-order valence-corrected chi connectivity index (χ3v) is 2.91. The monoisotopic (exact) mass is 228 g/mol. The second kappa shape index (κ2) is 4.62. The van der Waals surface area contributed by atoms with Crippen molar-refractivity contribution in [3.63, 3.8) is 0 Å². The molecule has 0 aromatic heterocycles. The molecule has 94 valence electrons. The van der Waals surface area contributed by atoms with Crippen molar-refractivity contribution in [3.8, 4) is 0 Å². The Morgan fingerprint density at radius 1 is 1.25 bits per heavy atom. The molecule has 1 aliphatic heterocycles. The zero-order valence-electron chi connectivity index (χ0n) is 11.0. The van der Waals surface area contributed by atoms with Crippen LogP contribution in [0.1, 0.15) is 34.6 Å². The minimum absolute atomic E-state index is 0.197. The molecule has 4 nitrogen and oxygen atoms in total. The summed E-state index contributed by atoms with van der Waals surface area (Å²) >= 11 is 0. The van der Waals surface area contributed by atoms with Crippen LogP contribution in [0.2, 0.25) is 0 Å². The SMILES string of the molecule is CC.CC(C)(C)OC(=O)N1CC2C(N)C2C1. The van der Waals surface area contributed by atoms with Gasteiger partial charge in [0.05, 0.1) is 0 Å². The fourth-order valence-electron chi connectivity index (χ4n) is 2.05. The number of carbonyl (C=O) groups excluding carboxylic acids is 1. The molecular weight excluding hydrogens is 204 g/mol. The Balaban J connectivity index is 0.000000606. The fraction of sp³-hybridized carbons (Fsp3) is 0.917. The highest BCUT2D eigenvalue weighted by atomic mass is 16.6. The van der Waals surface area contributed by atoms with Gasteiger partial charge < -0.3 is 15.4 Å². The van der Waals surface area contributed by atoms with Gasteiger partial charge in [-0.15, -0.1) is 0 Å². The first-order valence-electron chi connectivity index (χ1n) is 6.12. The van der Waals surface area contributed by atoms with Gasteiger partial charge in [0.2, 0.25) is 0 Å². The maximum absolute atomic E-state index is 11.6. The molecule has 1 saturated heterocycles. The van der Waals surface area contributed by atoms with Crippen LogP contribution in [0.15, 0.2) is 0 Å². The molecule has 2 fully saturated rings. The first-order valence-corrected chi connectivity index (χ1v) is 6.12. The Labute approximate surface area is 98.1 Å². The van der Waals surface area contributed by atoms with E-state index in [0.717, 1.165) is 13.1 Å². The average molecular weight is 228 g/mol. The first-order chi connectivity index (χ1) is 7.38. The van der Waals surface area contributed by atoms with E-state index in [1.807, 2.05) is 34.6 Å². The van der Waals surface area contributed by atoms with Gasteiger partial charge in [0, 0.05) is 19.1 Å². The summed E-state index contributed by atoms with van der Waals surface area (Å²) in [6.07, 6.45) is -0.197. The summed E-state index contributed by atoms with van der Waals surface area (Å²) in [5, 5.41) is 0. The normalized spacial score (nSPS) is 31.4. The lowest BCUT2D eigenvalue weighted by Gasteiger charge is -2.25. The topological polar surface area (TPSA) is 55.6 Å². The molecule has 2 atom stereocenters. The molecule has 0 aromatic carbocycles. The van der Waals surface area contributed by atoms with Crippen LogP contribution in [0.4, 0.5) is 4.79 Å². The average Bonchev–Trinajstić information content (AvgIpc) is 2.66. The van der Waals surface area contributed by atoms with Crippen molar-refractivity contribution in [2.45, 2.75) is 46.3 Å². The minimum atomic E-state index is -0.397. The van der Waals surface area contributed by atoms with Crippen molar-refractivity contribution in [2.75, 3.05) is 13.1 Å². The molecule has 2 aliphatic rings. The van der Waals surface area contributed by atoms with Crippen LogP contribution in [-0.4, -0.2) is 35.7 Å². The number of piperidine rings is 1. The molecule has 2 unspecified atom stereocenters. The van der Waals surface area contributed by atoms with E-state index in [0.29, 0.717) is 17.9 Å². The second-order valence-electron chi connectivity index (χ2n) is 5.29. The maximum atomic E-state index is 11.6. The molecule has 0 radical (unpaired) electrons. The van der Waals surface area contributed by atoms with Crippen LogP contribution in [0.3, 0.4) is 0 Å². The summed E-state index contributed by atoms with van der Waals surface area (Å²) in [5.74, 6) is 1.06. The number of rotatable bonds is 0. The molecule has 4 heteroatoms. The number of nitrogens with two attached hydrogens (primary N) is 1. The summed E-state index contributed by atoms with van der Waals surface area (Å²) in [6.45, 7) is 11.2. The summed E-state index contributed by atoms with van der Waals surface area (Å²) in [6, 6.07) is 0.327. The predicted octanol–water partition coefficient (Wildman–Crippen LogP) is 1.84. The van der Waals surface area contributed by atoms with Crippen LogP contribution < -0.4 is 5.73 Å². The van der Waals surface area contributed by atoms with E-state index in [-0.39, 0.29) is 6.09 Å². The Kier molecular flexibility index (Phi) is 3.84. The fourth-order valence-corrected chi connectivity index (χ4v) is 2.05. The summed E-state index contributed by atoms with van der Waals surface area (Å²) in [5.41, 5.74) is 5.39. The van der Waals surface area contributed by atoms with Crippen LogP contribution in [0, 0.1) is 11.8 Å². The maximum Gasteiger partial charge on any atom is 0.410 e. The predicted molar refractivity (Wildman–Crippen MR) is 64.1 cm³/mol. The van der Waals surface area contributed by atoms with E-state index in [4.69, 9.17) is 10.5 Å². The van der Waals surface area contributed by atoms with Gasteiger partial charge in [-0.1, -0.05) is 13.8 Å². The number of likely N-dealkylation sites (tertiary alicyclic amines) is 1. The Morgan fingerprint density at radius 2 is 1.69 bits per heavy atom. The summed E-state index contributed by atoms with van der Waals surface area (Å²) < 4.78 is 5.27. The number of ether oxygens (including phenoxy) is 1. The zero-order chi connectivity index (χ0) is 12.5. The van der Waals surface area contributed by atoms with E-state index >= 15 is 0 Å². The molecule has 0 aromatic rings. The smallest absolute Gasteiger partial charge is 0.410 e. The first kappa shape index (κ1) is 13.3. The Morgan fingerprint density at radius 3 is 2.06 bits per heavy atom. The molecule has 1 heterocycles. The number of nitrogens with zero attached hydrogens (tertiary/aromatic N) is 1. The number of carbonyl (C=O) groups is 1.